The Morgan fingerprint density at radius 1 is 1.15 bits per heavy atom. The molecule has 1 aromatic heterocycles. The number of carboxylic acid groups (broad SMARTS) is 1. The van der Waals surface area contributed by atoms with Crippen molar-refractivity contribution in [2.75, 3.05) is 23.7 Å². The van der Waals surface area contributed by atoms with Crippen LogP contribution in [0.4, 0.5) is 25.4 Å². The van der Waals surface area contributed by atoms with E-state index in [4.69, 9.17) is 21.4 Å². The summed E-state index contributed by atoms with van der Waals surface area (Å²) in [6, 6.07) is 11.0. The number of ether oxygens (including phenoxy) is 1. The third kappa shape index (κ3) is 5.92. The van der Waals surface area contributed by atoms with E-state index in [0.29, 0.717) is 13.0 Å². The lowest BCUT2D eigenvalue weighted by Crippen LogP contribution is -2.57. The summed E-state index contributed by atoms with van der Waals surface area (Å²) in [4.78, 5) is 55.9. The molecule has 1 unspecified atom stereocenters. The number of likely N-dealkylation sites (tertiary alicyclic amines) is 1. The summed E-state index contributed by atoms with van der Waals surface area (Å²) in [6.45, 7) is 0.156. The fraction of sp³-hybridized carbons (Fsp3) is 0.250. The number of hydrogen-bond acceptors (Lipinski definition) is 6. The van der Waals surface area contributed by atoms with E-state index >= 15 is 4.39 Å². The second-order valence-electron chi connectivity index (χ2n) is 9.75. The van der Waals surface area contributed by atoms with Crippen molar-refractivity contribution < 1.29 is 33.4 Å². The summed E-state index contributed by atoms with van der Waals surface area (Å²) in [5.74, 6) is -1.74. The molecule has 2 aromatic carbocycles. The maximum atomic E-state index is 15.3. The first kappa shape index (κ1) is 27.8. The molecular weight excluding hydrogens is 557 g/mol. The number of hydrogen-bond donors (Lipinski definition) is 4. The van der Waals surface area contributed by atoms with Crippen molar-refractivity contribution in [3.63, 3.8) is 0 Å². The number of nitrogens with one attached hydrogen (secondary N) is 3. The van der Waals surface area contributed by atoms with Crippen LogP contribution < -0.4 is 16.0 Å². The van der Waals surface area contributed by atoms with E-state index < -0.39 is 41.5 Å². The van der Waals surface area contributed by atoms with E-state index in [-0.39, 0.29) is 46.9 Å². The average molecular weight is 582 g/mol. The molecule has 3 heterocycles. The molecule has 1 saturated heterocycles. The zero-order valence-corrected chi connectivity index (χ0v) is 22.3. The molecule has 1 fully saturated rings. The van der Waals surface area contributed by atoms with E-state index in [1.54, 1.807) is 24.5 Å². The molecule has 0 saturated carbocycles. The zero-order chi connectivity index (χ0) is 29.1. The Labute approximate surface area is 238 Å². The van der Waals surface area contributed by atoms with E-state index in [2.05, 4.69) is 20.9 Å². The van der Waals surface area contributed by atoms with Gasteiger partial charge in [0.15, 0.2) is 11.4 Å². The predicted octanol–water partition coefficient (Wildman–Crippen LogP) is 4.39. The molecule has 1 spiro atoms. The first-order valence-electron chi connectivity index (χ1n) is 12.7. The minimum absolute atomic E-state index is 0.0758. The molecule has 5 rings (SSSR count). The van der Waals surface area contributed by atoms with Gasteiger partial charge in [-0.2, -0.15) is 0 Å². The molecule has 0 bridgehead atoms. The summed E-state index contributed by atoms with van der Waals surface area (Å²) in [5, 5.41) is 16.2. The van der Waals surface area contributed by atoms with Crippen LogP contribution in [-0.2, 0) is 21.6 Å². The van der Waals surface area contributed by atoms with Gasteiger partial charge in [0.1, 0.15) is 6.04 Å². The van der Waals surface area contributed by atoms with Crippen LogP contribution in [0.2, 0.25) is 5.02 Å². The smallest absolute Gasteiger partial charge is 0.412 e. The van der Waals surface area contributed by atoms with Gasteiger partial charge in [0.2, 0.25) is 5.91 Å². The Morgan fingerprint density at radius 3 is 2.59 bits per heavy atom. The summed E-state index contributed by atoms with van der Waals surface area (Å²) >= 11 is 6.06. The standard InChI is InChI=1S/C28H25ClFN5O6/c29-19-6-7-20-22(23(19)30)28(41-27(40)34-20)10-1-13-35(15-28)25(37)21(14-16-8-11-31-12-9-16)33-24(36)17-2-4-18(5-3-17)32-26(38)39/h2-9,11-12,21,32H,1,10,13-15H2,(H,33,36)(H,34,40)(H,38,39)/t21-,28?/m0/s1. The van der Waals surface area contributed by atoms with Gasteiger partial charge in [0.05, 0.1) is 22.8 Å². The highest BCUT2D eigenvalue weighted by atomic mass is 35.5. The minimum atomic E-state index is -1.46. The van der Waals surface area contributed by atoms with Crippen LogP contribution in [0, 0.1) is 5.82 Å². The van der Waals surface area contributed by atoms with Crippen molar-refractivity contribution in [1.82, 2.24) is 15.2 Å². The highest BCUT2D eigenvalue weighted by Crippen LogP contribution is 2.45. The van der Waals surface area contributed by atoms with Crippen LogP contribution in [0.1, 0.15) is 34.3 Å². The van der Waals surface area contributed by atoms with Crippen LogP contribution in [-0.4, -0.2) is 58.1 Å². The number of anilines is 2. The van der Waals surface area contributed by atoms with E-state index in [1.807, 2.05) is 0 Å². The number of amides is 4. The Balaban J connectivity index is 1.42. The van der Waals surface area contributed by atoms with Crippen LogP contribution >= 0.6 is 11.6 Å². The first-order valence-corrected chi connectivity index (χ1v) is 13.1. The minimum Gasteiger partial charge on any atom is -0.465 e. The van der Waals surface area contributed by atoms with E-state index in [9.17, 15) is 19.2 Å². The van der Waals surface area contributed by atoms with E-state index in [0.717, 1.165) is 5.56 Å². The third-order valence-electron chi connectivity index (χ3n) is 7.03. The summed E-state index contributed by atoms with van der Waals surface area (Å²) in [6.07, 6.45) is 1.93. The quantitative estimate of drug-likeness (QED) is 0.337. The Morgan fingerprint density at radius 2 is 1.88 bits per heavy atom. The van der Waals surface area contributed by atoms with Crippen LogP contribution in [0.15, 0.2) is 60.9 Å². The highest BCUT2D eigenvalue weighted by Gasteiger charge is 2.49. The number of halogens is 2. The number of nitrogens with zero attached hydrogens (tertiary/aromatic N) is 2. The summed E-state index contributed by atoms with van der Waals surface area (Å²) in [5.41, 5.74) is 0.0658. The molecule has 4 amide bonds. The van der Waals surface area contributed by atoms with Crippen molar-refractivity contribution in [2.24, 2.45) is 0 Å². The number of rotatable bonds is 6. The van der Waals surface area contributed by atoms with E-state index in [1.165, 1.54) is 41.3 Å². The van der Waals surface area contributed by atoms with Crippen molar-refractivity contribution >= 4 is 47.0 Å². The lowest BCUT2D eigenvalue weighted by Gasteiger charge is -2.45. The Hall–Kier alpha value is -4.71. The number of fused-ring (bicyclic) bond motifs is 2. The lowest BCUT2D eigenvalue weighted by atomic mass is 9.82. The molecular formula is C28H25ClFN5O6. The number of aromatic nitrogens is 1. The van der Waals surface area contributed by atoms with Gasteiger partial charge in [-0.25, -0.2) is 14.0 Å². The molecule has 2 aliphatic rings. The number of piperidine rings is 1. The molecule has 0 aliphatic carbocycles. The van der Waals surface area contributed by atoms with Gasteiger partial charge in [0.25, 0.3) is 5.91 Å². The van der Waals surface area contributed by atoms with Gasteiger partial charge in [-0.05, 0) is 66.9 Å². The first-order chi connectivity index (χ1) is 19.6. The van der Waals surface area contributed by atoms with Gasteiger partial charge in [0, 0.05) is 36.6 Å². The maximum absolute atomic E-state index is 15.3. The zero-order valence-electron chi connectivity index (χ0n) is 21.5. The lowest BCUT2D eigenvalue weighted by molar-refractivity contribution is -0.141. The molecule has 212 valence electrons. The monoisotopic (exact) mass is 581 g/mol. The number of benzene rings is 2. The molecule has 13 heteroatoms. The van der Waals surface area contributed by atoms with Crippen molar-refractivity contribution in [3.05, 3.63) is 88.5 Å². The molecule has 41 heavy (non-hydrogen) atoms. The molecule has 11 nitrogen and oxygen atoms in total. The second-order valence-corrected chi connectivity index (χ2v) is 10.2. The molecule has 3 aromatic rings. The van der Waals surface area contributed by atoms with Crippen molar-refractivity contribution in [1.29, 1.82) is 0 Å². The SMILES string of the molecule is O=C(O)Nc1ccc(C(=O)N[C@@H](Cc2ccncc2)C(=O)N2CCCC3(C2)OC(=O)Nc2ccc(Cl)c(F)c23)cc1. The van der Waals surface area contributed by atoms with Crippen molar-refractivity contribution in [3.8, 4) is 0 Å². The van der Waals surface area contributed by atoms with Crippen molar-refractivity contribution in [2.45, 2.75) is 30.9 Å². The fourth-order valence-electron chi connectivity index (χ4n) is 5.21. The average Bonchev–Trinajstić information content (AvgIpc) is 2.94. The third-order valence-corrected chi connectivity index (χ3v) is 7.32. The van der Waals surface area contributed by atoms with Gasteiger partial charge >= 0.3 is 12.2 Å². The second kappa shape index (κ2) is 11.4. The summed E-state index contributed by atoms with van der Waals surface area (Å²) < 4.78 is 21.0. The Bertz CT molecular complexity index is 1510. The normalized spacial score (nSPS) is 18.5. The summed E-state index contributed by atoms with van der Waals surface area (Å²) in [7, 11) is 0. The molecule has 4 N–H and O–H groups in total. The van der Waals surface area contributed by atoms with Gasteiger partial charge in [-0.3, -0.25) is 25.2 Å². The fourth-order valence-corrected chi connectivity index (χ4v) is 5.36. The van der Waals surface area contributed by atoms with Gasteiger partial charge in [-0.1, -0.05) is 11.6 Å². The number of pyridine rings is 1. The molecule has 0 radical (unpaired) electrons. The van der Waals surface area contributed by atoms with Gasteiger partial charge < -0.3 is 20.1 Å². The predicted molar refractivity (Wildman–Crippen MR) is 146 cm³/mol. The molecule has 2 aliphatic heterocycles. The number of carbonyl (C=O) groups excluding carboxylic acids is 3. The highest BCUT2D eigenvalue weighted by molar-refractivity contribution is 6.31. The maximum Gasteiger partial charge on any atom is 0.412 e. The van der Waals surface area contributed by atoms with Crippen LogP contribution in [0.3, 0.4) is 0 Å². The topological polar surface area (TPSA) is 150 Å². The van der Waals surface area contributed by atoms with Crippen LogP contribution in [0.5, 0.6) is 0 Å². The molecule has 2 atom stereocenters. The van der Waals surface area contributed by atoms with Crippen LogP contribution in [0.25, 0.3) is 0 Å². The largest absolute Gasteiger partial charge is 0.465 e. The number of carbonyl (C=O) groups is 4. The van der Waals surface area contributed by atoms with Gasteiger partial charge in [-0.15, -0.1) is 0 Å². The Kier molecular flexibility index (Phi) is 7.75.